The Morgan fingerprint density at radius 2 is 1.58 bits per heavy atom. The zero-order valence-corrected chi connectivity index (χ0v) is 20.3. The Bertz CT molecular complexity index is 1560. The van der Waals surface area contributed by atoms with Crippen molar-refractivity contribution in [1.82, 2.24) is 14.8 Å². The number of rotatable bonds is 6. The molecular weight excluding hydrogens is 468 g/mol. The summed E-state index contributed by atoms with van der Waals surface area (Å²) in [6, 6.07) is 27.7. The Kier molecular flexibility index (Phi) is 5.67. The van der Waals surface area contributed by atoms with Crippen LogP contribution in [0.4, 0.5) is 5.13 Å². The summed E-state index contributed by atoms with van der Waals surface area (Å²) in [7, 11) is 1.63. The highest BCUT2D eigenvalue weighted by atomic mass is 32.1. The molecule has 0 saturated heterocycles. The molecule has 5 aromatic rings. The van der Waals surface area contributed by atoms with Gasteiger partial charge in [0.1, 0.15) is 11.4 Å². The maximum Gasteiger partial charge on any atom is 0.280 e. The number of methoxy groups -OCH3 is 1. The molecule has 0 unspecified atom stereocenters. The lowest BCUT2D eigenvalue weighted by atomic mass is 9.92. The molecule has 1 aliphatic rings. The van der Waals surface area contributed by atoms with Gasteiger partial charge in [0, 0.05) is 34.8 Å². The second-order valence-corrected chi connectivity index (χ2v) is 9.23. The monoisotopic (exact) mass is 490 g/mol. The topological polar surface area (TPSA) is 69.0 Å². The van der Waals surface area contributed by atoms with Gasteiger partial charge in [0.05, 0.1) is 18.4 Å². The van der Waals surface area contributed by atoms with Gasteiger partial charge in [-0.1, -0.05) is 72.8 Å². The van der Waals surface area contributed by atoms with E-state index >= 15 is 0 Å². The molecular formula is C29H22N4O2S. The Labute approximate surface area is 212 Å². The van der Waals surface area contributed by atoms with E-state index in [4.69, 9.17) is 9.84 Å². The number of carbonyl (C=O) groups is 1. The van der Waals surface area contributed by atoms with Gasteiger partial charge in [0.25, 0.3) is 5.91 Å². The SMILES string of the molecule is COc1ccc(C2=C(Nc3nccs3)Cc3c(-c4ccccc4)c(-c4ccccc4)nn3C2=O)cc1. The number of anilines is 1. The van der Waals surface area contributed by atoms with Gasteiger partial charge in [-0.25, -0.2) is 4.98 Å². The van der Waals surface area contributed by atoms with Crippen LogP contribution in [-0.2, 0) is 6.42 Å². The number of allylic oxidation sites excluding steroid dienone is 2. The lowest BCUT2D eigenvalue weighted by molar-refractivity contribution is 0.0958. The average molecular weight is 491 g/mol. The van der Waals surface area contributed by atoms with Crippen LogP contribution in [0.1, 0.15) is 16.1 Å². The van der Waals surface area contributed by atoms with Crippen molar-refractivity contribution in [3.05, 3.63) is 113 Å². The minimum absolute atomic E-state index is 0.181. The predicted octanol–water partition coefficient (Wildman–Crippen LogP) is 6.40. The van der Waals surface area contributed by atoms with Crippen molar-refractivity contribution in [2.75, 3.05) is 12.4 Å². The van der Waals surface area contributed by atoms with Crippen LogP contribution in [0.3, 0.4) is 0 Å². The highest BCUT2D eigenvalue weighted by Crippen LogP contribution is 2.40. The second-order valence-electron chi connectivity index (χ2n) is 8.34. The van der Waals surface area contributed by atoms with E-state index < -0.39 is 0 Å². The van der Waals surface area contributed by atoms with E-state index in [-0.39, 0.29) is 5.91 Å². The Morgan fingerprint density at radius 3 is 2.22 bits per heavy atom. The zero-order chi connectivity index (χ0) is 24.5. The van der Waals surface area contributed by atoms with Crippen molar-refractivity contribution in [2.45, 2.75) is 6.42 Å². The average Bonchev–Trinajstić information content (AvgIpc) is 3.58. The minimum atomic E-state index is -0.181. The summed E-state index contributed by atoms with van der Waals surface area (Å²) in [5.74, 6) is 0.550. The number of carbonyl (C=O) groups excluding carboxylic acids is 1. The fourth-order valence-electron chi connectivity index (χ4n) is 4.56. The summed E-state index contributed by atoms with van der Waals surface area (Å²) in [5.41, 5.74) is 6.74. The standard InChI is InChI=1S/C29H22N4O2S/c1-35-22-14-12-20(13-15-22)25-23(31-29-30-16-17-36-29)18-24-26(19-8-4-2-5-9-19)27(32-33(24)28(25)34)21-10-6-3-7-11-21/h2-17H,18H2,1H3,(H,30,31). The van der Waals surface area contributed by atoms with E-state index in [0.29, 0.717) is 12.0 Å². The van der Waals surface area contributed by atoms with Crippen LogP contribution in [0.5, 0.6) is 5.75 Å². The summed E-state index contributed by atoms with van der Waals surface area (Å²) in [6.45, 7) is 0. The molecule has 0 bridgehead atoms. The summed E-state index contributed by atoms with van der Waals surface area (Å²) >= 11 is 1.49. The molecule has 0 spiro atoms. The summed E-state index contributed by atoms with van der Waals surface area (Å²) < 4.78 is 6.89. The fourth-order valence-corrected chi connectivity index (χ4v) is 5.11. The fraction of sp³-hybridized carbons (Fsp3) is 0.0690. The third kappa shape index (κ3) is 3.89. The quantitative estimate of drug-likeness (QED) is 0.298. The van der Waals surface area contributed by atoms with Crippen molar-refractivity contribution in [1.29, 1.82) is 0 Å². The number of nitrogens with one attached hydrogen (secondary N) is 1. The van der Waals surface area contributed by atoms with Gasteiger partial charge in [-0.15, -0.1) is 11.3 Å². The number of fused-ring (bicyclic) bond motifs is 1. The molecule has 2 aromatic heterocycles. The maximum absolute atomic E-state index is 14.1. The van der Waals surface area contributed by atoms with Crippen molar-refractivity contribution >= 4 is 27.9 Å². The summed E-state index contributed by atoms with van der Waals surface area (Å²) in [6.07, 6.45) is 2.25. The van der Waals surface area contributed by atoms with Crippen LogP contribution in [0, 0.1) is 0 Å². The molecule has 1 aliphatic heterocycles. The van der Waals surface area contributed by atoms with E-state index in [1.807, 2.05) is 78.2 Å². The first-order chi connectivity index (χ1) is 17.7. The molecule has 3 aromatic carbocycles. The van der Waals surface area contributed by atoms with Crippen molar-refractivity contribution in [3.63, 3.8) is 0 Å². The highest BCUT2D eigenvalue weighted by molar-refractivity contribution is 7.13. The van der Waals surface area contributed by atoms with E-state index in [0.717, 1.165) is 50.2 Å². The van der Waals surface area contributed by atoms with Crippen LogP contribution in [0.2, 0.25) is 0 Å². The molecule has 3 heterocycles. The van der Waals surface area contributed by atoms with Gasteiger partial charge < -0.3 is 10.1 Å². The van der Waals surface area contributed by atoms with Crippen molar-refractivity contribution < 1.29 is 9.53 Å². The zero-order valence-electron chi connectivity index (χ0n) is 19.5. The number of ether oxygens (including phenoxy) is 1. The lowest BCUT2D eigenvalue weighted by Gasteiger charge is -2.22. The first-order valence-corrected chi connectivity index (χ1v) is 12.4. The molecule has 36 heavy (non-hydrogen) atoms. The van der Waals surface area contributed by atoms with Gasteiger partial charge in [-0.2, -0.15) is 9.78 Å². The lowest BCUT2D eigenvalue weighted by Crippen LogP contribution is -2.26. The summed E-state index contributed by atoms with van der Waals surface area (Å²) in [5, 5.41) is 11.0. The Morgan fingerprint density at radius 1 is 0.889 bits per heavy atom. The third-order valence-electron chi connectivity index (χ3n) is 6.21. The third-order valence-corrected chi connectivity index (χ3v) is 6.90. The number of aromatic nitrogens is 3. The molecule has 0 fully saturated rings. The van der Waals surface area contributed by atoms with E-state index in [1.54, 1.807) is 18.0 Å². The van der Waals surface area contributed by atoms with Crippen molar-refractivity contribution in [3.8, 4) is 28.1 Å². The molecule has 176 valence electrons. The molecule has 0 radical (unpaired) electrons. The predicted molar refractivity (Wildman–Crippen MR) is 143 cm³/mol. The second kappa shape index (κ2) is 9.28. The van der Waals surface area contributed by atoms with Crippen LogP contribution in [-0.4, -0.2) is 27.8 Å². The maximum atomic E-state index is 14.1. The molecule has 0 saturated carbocycles. The molecule has 6 nitrogen and oxygen atoms in total. The first kappa shape index (κ1) is 22.0. The molecule has 1 N–H and O–H groups in total. The number of thiazole rings is 1. The number of hydrogen-bond donors (Lipinski definition) is 1. The smallest absolute Gasteiger partial charge is 0.280 e. The number of hydrogen-bond acceptors (Lipinski definition) is 6. The normalized spacial score (nSPS) is 13.0. The highest BCUT2D eigenvalue weighted by Gasteiger charge is 2.33. The van der Waals surface area contributed by atoms with Crippen LogP contribution >= 0.6 is 11.3 Å². The van der Waals surface area contributed by atoms with Gasteiger partial charge in [-0.3, -0.25) is 4.79 Å². The van der Waals surface area contributed by atoms with Gasteiger partial charge in [0.2, 0.25) is 0 Å². The van der Waals surface area contributed by atoms with E-state index in [9.17, 15) is 4.79 Å². The Balaban J connectivity index is 1.56. The number of benzene rings is 3. The molecule has 7 heteroatoms. The largest absolute Gasteiger partial charge is 0.497 e. The van der Waals surface area contributed by atoms with Crippen molar-refractivity contribution in [2.24, 2.45) is 0 Å². The Hall–Kier alpha value is -4.49. The van der Waals surface area contributed by atoms with Crippen LogP contribution in [0.15, 0.2) is 102 Å². The molecule has 0 aliphatic carbocycles. The molecule has 0 atom stereocenters. The minimum Gasteiger partial charge on any atom is -0.497 e. The van der Waals surface area contributed by atoms with Crippen LogP contribution < -0.4 is 10.1 Å². The molecule has 0 amide bonds. The molecule has 6 rings (SSSR count). The van der Waals surface area contributed by atoms with E-state index in [2.05, 4.69) is 22.4 Å². The van der Waals surface area contributed by atoms with Gasteiger partial charge >= 0.3 is 0 Å². The number of nitrogens with zero attached hydrogens (tertiary/aromatic N) is 3. The first-order valence-electron chi connectivity index (χ1n) is 11.5. The van der Waals surface area contributed by atoms with Gasteiger partial charge in [-0.05, 0) is 23.3 Å². The van der Waals surface area contributed by atoms with Gasteiger partial charge in [0.15, 0.2) is 5.13 Å². The van der Waals surface area contributed by atoms with E-state index in [1.165, 1.54) is 11.3 Å². The van der Waals surface area contributed by atoms with Crippen LogP contribution in [0.25, 0.3) is 28.0 Å². The summed E-state index contributed by atoms with van der Waals surface area (Å²) in [4.78, 5) is 18.5.